The highest BCUT2D eigenvalue weighted by Crippen LogP contribution is 2.33. The molecule has 0 aromatic carbocycles. The van der Waals surface area contributed by atoms with E-state index in [1.807, 2.05) is 22.4 Å². The minimum atomic E-state index is 0.0196. The molecular weight excluding hydrogens is 322 g/mol. The van der Waals surface area contributed by atoms with Gasteiger partial charge in [0.1, 0.15) is 0 Å². The van der Waals surface area contributed by atoms with Gasteiger partial charge in [-0.25, -0.2) is 0 Å². The molecule has 0 unspecified atom stereocenters. The van der Waals surface area contributed by atoms with E-state index in [0.29, 0.717) is 31.0 Å². The van der Waals surface area contributed by atoms with Crippen molar-refractivity contribution >= 4 is 17.2 Å². The maximum absolute atomic E-state index is 13.1. The van der Waals surface area contributed by atoms with Crippen molar-refractivity contribution in [1.29, 1.82) is 0 Å². The number of aliphatic hydroxyl groups is 1. The van der Waals surface area contributed by atoms with Gasteiger partial charge in [0.05, 0.1) is 24.0 Å². The second-order valence-electron chi connectivity index (χ2n) is 6.42. The lowest BCUT2D eigenvalue weighted by atomic mass is 9.85. The van der Waals surface area contributed by atoms with Crippen LogP contribution in [0.5, 0.6) is 0 Å². The topological polar surface area (TPSA) is 69.2 Å². The molecule has 5 nitrogen and oxygen atoms in total. The van der Waals surface area contributed by atoms with Gasteiger partial charge < -0.3 is 10.0 Å². The van der Waals surface area contributed by atoms with E-state index in [9.17, 15) is 4.79 Å². The highest BCUT2D eigenvalue weighted by molar-refractivity contribution is 7.09. The Bertz CT molecular complexity index is 632. The third-order valence-corrected chi connectivity index (χ3v) is 5.57. The van der Waals surface area contributed by atoms with E-state index >= 15 is 0 Å². The Morgan fingerprint density at radius 1 is 1.38 bits per heavy atom. The molecule has 0 radical (unpaired) electrons. The number of H-pyrrole nitrogens is 1. The highest BCUT2D eigenvalue weighted by Gasteiger charge is 2.26. The van der Waals surface area contributed by atoms with Crippen LogP contribution in [0.2, 0.25) is 0 Å². The molecule has 2 N–H and O–H groups in total. The summed E-state index contributed by atoms with van der Waals surface area (Å²) in [6, 6.07) is 4.04. The molecule has 1 amide bonds. The van der Waals surface area contributed by atoms with E-state index in [1.165, 1.54) is 19.3 Å². The van der Waals surface area contributed by atoms with E-state index in [0.717, 1.165) is 23.4 Å². The van der Waals surface area contributed by atoms with Gasteiger partial charge >= 0.3 is 0 Å². The average molecular weight is 347 g/mol. The average Bonchev–Trinajstić information content (AvgIpc) is 3.30. The van der Waals surface area contributed by atoms with Gasteiger partial charge in [0, 0.05) is 23.9 Å². The number of aromatic nitrogens is 2. The quantitative estimate of drug-likeness (QED) is 0.805. The van der Waals surface area contributed by atoms with Gasteiger partial charge in [0.15, 0.2) is 0 Å². The number of amides is 1. The van der Waals surface area contributed by atoms with Crippen LogP contribution in [0.1, 0.15) is 65.4 Å². The molecule has 0 spiro atoms. The first kappa shape index (κ1) is 17.2. The third kappa shape index (κ3) is 4.05. The minimum absolute atomic E-state index is 0.0196. The second-order valence-corrected chi connectivity index (χ2v) is 7.45. The molecule has 6 heteroatoms. The van der Waals surface area contributed by atoms with Crippen molar-refractivity contribution in [2.45, 2.75) is 51.0 Å². The normalized spacial score (nSPS) is 15.5. The predicted molar refractivity (Wildman–Crippen MR) is 95.2 cm³/mol. The molecule has 1 fully saturated rings. The summed E-state index contributed by atoms with van der Waals surface area (Å²) < 4.78 is 0. The Morgan fingerprint density at radius 3 is 2.92 bits per heavy atom. The lowest BCUT2D eigenvalue weighted by molar-refractivity contribution is 0.0732. The fourth-order valence-corrected chi connectivity index (χ4v) is 4.16. The van der Waals surface area contributed by atoms with Crippen molar-refractivity contribution in [2.24, 2.45) is 0 Å². The monoisotopic (exact) mass is 347 g/mol. The van der Waals surface area contributed by atoms with E-state index in [1.54, 1.807) is 17.5 Å². The molecule has 3 rings (SSSR count). The van der Waals surface area contributed by atoms with Crippen molar-refractivity contribution in [3.63, 3.8) is 0 Å². The van der Waals surface area contributed by atoms with Crippen LogP contribution >= 0.6 is 11.3 Å². The number of hydrogen-bond acceptors (Lipinski definition) is 4. The molecule has 0 saturated heterocycles. The minimum Gasteiger partial charge on any atom is -0.396 e. The third-order valence-electron chi connectivity index (χ3n) is 4.71. The van der Waals surface area contributed by atoms with E-state index in [2.05, 4.69) is 10.2 Å². The van der Waals surface area contributed by atoms with E-state index in [4.69, 9.17) is 5.11 Å². The molecule has 130 valence electrons. The number of hydrogen-bond donors (Lipinski definition) is 2. The summed E-state index contributed by atoms with van der Waals surface area (Å²) in [6.07, 6.45) is 8.25. The van der Waals surface area contributed by atoms with E-state index < -0.39 is 0 Å². The fourth-order valence-electron chi connectivity index (χ4n) is 3.44. The molecule has 0 aliphatic heterocycles. The molecule has 1 saturated carbocycles. The maximum atomic E-state index is 13.1. The molecule has 0 bridgehead atoms. The number of aromatic amines is 1. The molecule has 0 atom stereocenters. The maximum Gasteiger partial charge on any atom is 0.257 e. The van der Waals surface area contributed by atoms with Crippen LogP contribution in [-0.2, 0) is 6.54 Å². The first-order valence-electron chi connectivity index (χ1n) is 8.75. The molecule has 1 aliphatic carbocycles. The number of carbonyl (C=O) groups is 1. The predicted octanol–water partition coefficient (Wildman–Crippen LogP) is 3.54. The number of thiophene rings is 1. The molecule has 2 aromatic rings. The van der Waals surface area contributed by atoms with Gasteiger partial charge in [0.2, 0.25) is 0 Å². The zero-order valence-corrected chi connectivity index (χ0v) is 14.7. The van der Waals surface area contributed by atoms with Gasteiger partial charge in [-0.3, -0.25) is 9.89 Å². The lowest BCUT2D eigenvalue weighted by Gasteiger charge is -2.25. The van der Waals surface area contributed by atoms with Crippen LogP contribution in [0.25, 0.3) is 0 Å². The number of aliphatic hydroxyl groups excluding tert-OH is 1. The largest absolute Gasteiger partial charge is 0.396 e. The fraction of sp³-hybridized carbons (Fsp3) is 0.556. The standard InChI is InChI=1S/C18H25N3O2S/c22-10-5-9-21(13-15-8-4-11-24-15)18(23)16-12-19-20-17(16)14-6-2-1-3-7-14/h4,8,11-12,14,22H,1-3,5-7,9-10,13H2,(H,19,20). The molecule has 2 heterocycles. The van der Waals surface area contributed by atoms with Crippen molar-refractivity contribution in [1.82, 2.24) is 15.1 Å². The summed E-state index contributed by atoms with van der Waals surface area (Å²) in [7, 11) is 0. The summed E-state index contributed by atoms with van der Waals surface area (Å²) in [6.45, 7) is 1.24. The number of nitrogens with zero attached hydrogens (tertiary/aromatic N) is 2. The van der Waals surface area contributed by atoms with Crippen molar-refractivity contribution in [3.05, 3.63) is 39.8 Å². The zero-order chi connectivity index (χ0) is 16.8. The lowest BCUT2D eigenvalue weighted by Crippen LogP contribution is -2.32. The van der Waals surface area contributed by atoms with Crippen LogP contribution in [-0.4, -0.2) is 39.3 Å². The van der Waals surface area contributed by atoms with E-state index in [-0.39, 0.29) is 12.5 Å². The Hall–Kier alpha value is -1.66. The Labute approximate surface area is 146 Å². The molecule has 2 aromatic heterocycles. The Balaban J connectivity index is 1.77. The molecular formula is C18H25N3O2S. The van der Waals surface area contributed by atoms with Gasteiger partial charge in [-0.05, 0) is 30.7 Å². The summed E-state index contributed by atoms with van der Waals surface area (Å²) in [5.41, 5.74) is 1.70. The van der Waals surface area contributed by atoms with Crippen molar-refractivity contribution in [2.75, 3.05) is 13.2 Å². The van der Waals surface area contributed by atoms with Crippen LogP contribution in [0.4, 0.5) is 0 Å². The Morgan fingerprint density at radius 2 is 2.21 bits per heavy atom. The van der Waals surface area contributed by atoms with Gasteiger partial charge in [-0.15, -0.1) is 11.3 Å². The smallest absolute Gasteiger partial charge is 0.257 e. The summed E-state index contributed by atoms with van der Waals surface area (Å²) in [4.78, 5) is 16.1. The second kappa shape index (κ2) is 8.44. The first-order chi connectivity index (χ1) is 11.8. The van der Waals surface area contributed by atoms with Crippen LogP contribution in [0, 0.1) is 0 Å². The summed E-state index contributed by atoms with van der Waals surface area (Å²) in [5.74, 6) is 0.438. The van der Waals surface area contributed by atoms with Gasteiger partial charge in [-0.1, -0.05) is 25.3 Å². The Kier molecular flexibility index (Phi) is 6.04. The van der Waals surface area contributed by atoms with Crippen LogP contribution in [0.15, 0.2) is 23.7 Å². The van der Waals surface area contributed by atoms with Crippen LogP contribution in [0.3, 0.4) is 0 Å². The number of carbonyl (C=O) groups excluding carboxylic acids is 1. The zero-order valence-electron chi connectivity index (χ0n) is 13.9. The van der Waals surface area contributed by atoms with Crippen molar-refractivity contribution < 1.29 is 9.90 Å². The summed E-state index contributed by atoms with van der Waals surface area (Å²) in [5, 5.41) is 18.4. The SMILES string of the molecule is O=C(c1cn[nH]c1C1CCCCC1)N(CCCO)Cc1cccs1. The highest BCUT2D eigenvalue weighted by atomic mass is 32.1. The number of rotatable bonds is 7. The molecule has 24 heavy (non-hydrogen) atoms. The van der Waals surface area contributed by atoms with Crippen molar-refractivity contribution in [3.8, 4) is 0 Å². The first-order valence-corrected chi connectivity index (χ1v) is 9.63. The van der Waals surface area contributed by atoms with Gasteiger partial charge in [0.25, 0.3) is 5.91 Å². The molecule has 1 aliphatic rings. The summed E-state index contributed by atoms with van der Waals surface area (Å²) >= 11 is 1.65. The number of nitrogens with one attached hydrogen (secondary N) is 1. The van der Waals surface area contributed by atoms with Crippen LogP contribution < -0.4 is 0 Å². The van der Waals surface area contributed by atoms with Gasteiger partial charge in [-0.2, -0.15) is 5.10 Å².